The monoisotopic (exact) mass is 416 g/mol. The highest BCUT2D eigenvalue weighted by Crippen LogP contribution is 2.20. The molecule has 1 aromatic carbocycles. The molecule has 1 atom stereocenters. The quantitative estimate of drug-likeness (QED) is 0.157. The number of carbonyl (C=O) groups excluding carboxylic acids is 1. The molecule has 0 bridgehead atoms. The zero-order valence-electron chi connectivity index (χ0n) is 20.0. The van der Waals surface area contributed by atoms with Crippen molar-refractivity contribution in [3.8, 4) is 0 Å². The van der Waals surface area contributed by atoms with E-state index in [0.29, 0.717) is 18.9 Å². The van der Waals surface area contributed by atoms with Crippen molar-refractivity contribution in [3.05, 3.63) is 35.9 Å². The molecule has 2 heteroatoms. The van der Waals surface area contributed by atoms with Crippen LogP contribution in [0.4, 0.5) is 0 Å². The van der Waals surface area contributed by atoms with E-state index in [9.17, 15) is 4.79 Å². The Hall–Kier alpha value is -1.31. The van der Waals surface area contributed by atoms with Gasteiger partial charge in [0.15, 0.2) is 0 Å². The van der Waals surface area contributed by atoms with E-state index in [0.717, 1.165) is 5.56 Å². The first kappa shape index (κ1) is 26.7. The summed E-state index contributed by atoms with van der Waals surface area (Å²) in [6.45, 7) is 5.15. The van der Waals surface area contributed by atoms with Crippen LogP contribution in [-0.2, 0) is 16.0 Å². The topological polar surface area (TPSA) is 26.3 Å². The summed E-state index contributed by atoms with van der Waals surface area (Å²) in [5.74, 6) is 0.459. The minimum atomic E-state index is -0.0786. The number of esters is 1. The largest absolute Gasteiger partial charge is 0.465 e. The van der Waals surface area contributed by atoms with Crippen molar-refractivity contribution in [1.29, 1.82) is 0 Å². The van der Waals surface area contributed by atoms with Gasteiger partial charge in [0.2, 0.25) is 0 Å². The van der Waals surface area contributed by atoms with Gasteiger partial charge in [-0.15, -0.1) is 0 Å². The molecule has 1 rings (SSSR count). The number of carbonyl (C=O) groups is 1. The van der Waals surface area contributed by atoms with Gasteiger partial charge in [0.05, 0.1) is 13.0 Å². The Morgan fingerprint density at radius 3 is 1.67 bits per heavy atom. The summed E-state index contributed by atoms with van der Waals surface area (Å²) in [4.78, 5) is 12.2. The summed E-state index contributed by atoms with van der Waals surface area (Å²) in [6.07, 6.45) is 21.7. The number of unbranched alkanes of at least 4 members (excludes halogenated alkanes) is 12. The van der Waals surface area contributed by atoms with Crippen molar-refractivity contribution in [3.63, 3.8) is 0 Å². The maximum Gasteiger partial charge on any atom is 0.310 e. The Bertz CT molecular complexity index is 497. The Labute approximate surface area is 187 Å². The summed E-state index contributed by atoms with van der Waals surface area (Å²) >= 11 is 0. The second-order valence-corrected chi connectivity index (χ2v) is 9.03. The molecule has 0 aliphatic heterocycles. The van der Waals surface area contributed by atoms with Crippen LogP contribution in [0.15, 0.2) is 30.3 Å². The third-order valence-corrected chi connectivity index (χ3v) is 6.10. The molecule has 1 aromatic rings. The van der Waals surface area contributed by atoms with Crippen molar-refractivity contribution >= 4 is 5.97 Å². The fourth-order valence-corrected chi connectivity index (χ4v) is 4.12. The van der Waals surface area contributed by atoms with Crippen molar-refractivity contribution in [2.24, 2.45) is 5.92 Å². The number of hydrogen-bond donors (Lipinski definition) is 0. The SMILES string of the molecule is CCCCCCCCCCC(CCCCCCCC)COC(=O)Cc1ccccc1. The molecule has 0 amide bonds. The first-order valence-corrected chi connectivity index (χ1v) is 13.0. The lowest BCUT2D eigenvalue weighted by molar-refractivity contribution is -0.144. The van der Waals surface area contributed by atoms with Crippen molar-refractivity contribution in [1.82, 2.24) is 0 Å². The molecule has 30 heavy (non-hydrogen) atoms. The summed E-state index contributed by atoms with van der Waals surface area (Å²) in [7, 11) is 0. The van der Waals surface area contributed by atoms with Gasteiger partial charge in [-0.25, -0.2) is 0 Å². The van der Waals surface area contributed by atoms with E-state index in [-0.39, 0.29) is 5.97 Å². The zero-order chi connectivity index (χ0) is 21.7. The number of ether oxygens (including phenoxy) is 1. The molecule has 2 nitrogen and oxygen atoms in total. The molecule has 0 aliphatic rings. The smallest absolute Gasteiger partial charge is 0.310 e. The lowest BCUT2D eigenvalue weighted by atomic mass is 9.94. The molecule has 0 radical (unpaired) electrons. The van der Waals surface area contributed by atoms with Gasteiger partial charge in [-0.1, -0.05) is 134 Å². The first-order chi connectivity index (χ1) is 14.8. The second-order valence-electron chi connectivity index (χ2n) is 9.03. The van der Waals surface area contributed by atoms with Crippen LogP contribution in [0.5, 0.6) is 0 Å². The fraction of sp³-hybridized carbons (Fsp3) is 0.750. The van der Waals surface area contributed by atoms with E-state index in [1.807, 2.05) is 30.3 Å². The van der Waals surface area contributed by atoms with Gasteiger partial charge in [0.1, 0.15) is 0 Å². The predicted molar refractivity (Wildman–Crippen MR) is 130 cm³/mol. The highest BCUT2D eigenvalue weighted by Gasteiger charge is 2.12. The number of benzene rings is 1. The summed E-state index contributed by atoms with van der Waals surface area (Å²) < 4.78 is 5.69. The zero-order valence-corrected chi connectivity index (χ0v) is 20.0. The van der Waals surface area contributed by atoms with Gasteiger partial charge in [0, 0.05) is 0 Å². The van der Waals surface area contributed by atoms with Gasteiger partial charge in [-0.2, -0.15) is 0 Å². The molecule has 0 saturated heterocycles. The van der Waals surface area contributed by atoms with Gasteiger partial charge in [-0.05, 0) is 24.3 Å². The Kier molecular flexibility index (Phi) is 17.5. The van der Waals surface area contributed by atoms with Crippen molar-refractivity contribution < 1.29 is 9.53 Å². The highest BCUT2D eigenvalue weighted by molar-refractivity contribution is 5.72. The van der Waals surface area contributed by atoms with Crippen LogP contribution in [0.2, 0.25) is 0 Å². The van der Waals surface area contributed by atoms with Crippen LogP contribution in [0, 0.1) is 5.92 Å². The molecule has 0 heterocycles. The normalized spacial score (nSPS) is 12.1. The summed E-state index contributed by atoms with van der Waals surface area (Å²) in [5, 5.41) is 0. The molecule has 0 aromatic heterocycles. The molecular weight excluding hydrogens is 368 g/mol. The van der Waals surface area contributed by atoms with Crippen molar-refractivity contribution in [2.45, 2.75) is 123 Å². The van der Waals surface area contributed by atoms with Crippen LogP contribution >= 0.6 is 0 Å². The third-order valence-electron chi connectivity index (χ3n) is 6.10. The van der Waals surface area contributed by atoms with E-state index in [1.165, 1.54) is 103 Å². The number of hydrogen-bond acceptors (Lipinski definition) is 2. The summed E-state index contributed by atoms with van der Waals surface area (Å²) in [5.41, 5.74) is 1.04. The average Bonchev–Trinajstić information content (AvgIpc) is 2.76. The highest BCUT2D eigenvalue weighted by atomic mass is 16.5. The summed E-state index contributed by atoms with van der Waals surface area (Å²) in [6, 6.07) is 9.93. The van der Waals surface area contributed by atoms with Crippen LogP contribution in [-0.4, -0.2) is 12.6 Å². The van der Waals surface area contributed by atoms with Crippen LogP contribution in [0.3, 0.4) is 0 Å². The molecule has 172 valence electrons. The average molecular weight is 417 g/mol. The predicted octanol–water partition coefficient (Wildman–Crippen LogP) is 8.67. The minimum Gasteiger partial charge on any atom is -0.465 e. The van der Waals surface area contributed by atoms with Crippen LogP contribution < -0.4 is 0 Å². The second kappa shape index (κ2) is 19.6. The van der Waals surface area contributed by atoms with Gasteiger partial charge in [0.25, 0.3) is 0 Å². The molecule has 1 unspecified atom stereocenters. The van der Waals surface area contributed by atoms with Crippen molar-refractivity contribution in [2.75, 3.05) is 6.61 Å². The Balaban J connectivity index is 2.25. The molecule has 0 aliphatic carbocycles. The molecule has 0 saturated carbocycles. The Morgan fingerprint density at radius 2 is 1.17 bits per heavy atom. The number of rotatable bonds is 20. The maximum atomic E-state index is 12.2. The van der Waals surface area contributed by atoms with E-state index in [4.69, 9.17) is 4.74 Å². The van der Waals surface area contributed by atoms with Gasteiger partial charge < -0.3 is 4.74 Å². The standard InChI is InChI=1S/C28H48O2/c1-3-5-7-9-11-12-14-17-23-27(22-16-13-10-8-6-4-2)25-30-28(29)24-26-20-18-15-19-21-26/h15,18-21,27H,3-14,16-17,22-25H2,1-2H3. The molecule has 0 fully saturated rings. The van der Waals surface area contributed by atoms with Crippen LogP contribution in [0.1, 0.15) is 122 Å². The molecule has 0 N–H and O–H groups in total. The third kappa shape index (κ3) is 15.5. The molecule has 0 spiro atoms. The van der Waals surface area contributed by atoms with E-state index < -0.39 is 0 Å². The maximum absolute atomic E-state index is 12.2. The Morgan fingerprint density at radius 1 is 0.700 bits per heavy atom. The lowest BCUT2D eigenvalue weighted by Crippen LogP contribution is -2.16. The lowest BCUT2D eigenvalue weighted by Gasteiger charge is -2.17. The van der Waals surface area contributed by atoms with E-state index >= 15 is 0 Å². The molecular formula is C28H48O2. The fourth-order valence-electron chi connectivity index (χ4n) is 4.12. The van der Waals surface area contributed by atoms with Gasteiger partial charge in [-0.3, -0.25) is 4.79 Å². The van der Waals surface area contributed by atoms with E-state index in [1.54, 1.807) is 0 Å². The minimum absolute atomic E-state index is 0.0786. The first-order valence-electron chi connectivity index (χ1n) is 13.0. The van der Waals surface area contributed by atoms with Crippen LogP contribution in [0.25, 0.3) is 0 Å². The van der Waals surface area contributed by atoms with Gasteiger partial charge >= 0.3 is 5.97 Å². The van der Waals surface area contributed by atoms with E-state index in [2.05, 4.69) is 13.8 Å².